The van der Waals surface area contributed by atoms with Gasteiger partial charge in [-0.05, 0) is 0 Å². The second-order valence-corrected chi connectivity index (χ2v) is 237. The quantitative estimate of drug-likeness (QED) is 0.320. The molecule has 0 rings (SSSR count). The molecule has 0 fully saturated rings. The molecule has 0 amide bonds. The molecule has 0 N–H and O–H groups in total. The van der Waals surface area contributed by atoms with Gasteiger partial charge in [-0.2, -0.15) is 0 Å². The van der Waals surface area contributed by atoms with Crippen LogP contribution in [0.5, 0.6) is 0 Å². The molecule has 0 aliphatic heterocycles. The van der Waals surface area contributed by atoms with Gasteiger partial charge in [-0.3, -0.25) is 0 Å². The molecule has 0 aliphatic carbocycles. The third kappa shape index (κ3) is 41.6. The fraction of sp³-hybridized carbons (Fsp3) is 0. The molecule has 0 spiro atoms. The molecule has 0 heterocycles. The van der Waals surface area contributed by atoms with E-state index in [1.807, 2.05) is 0 Å². The maximum absolute atomic E-state index is 3.52. The zero-order valence-electron chi connectivity index (χ0n) is 2.77. The van der Waals surface area contributed by atoms with Gasteiger partial charge in [0.05, 0.1) is 0 Å². The summed E-state index contributed by atoms with van der Waals surface area (Å²) in [4.78, 5) is 0. The second-order valence-electron chi connectivity index (χ2n) is 1.07. The van der Waals surface area contributed by atoms with E-state index in [1.165, 1.54) is 0 Å². The van der Waals surface area contributed by atoms with Crippen molar-refractivity contribution >= 4 is 73.8 Å². The van der Waals surface area contributed by atoms with E-state index in [1.54, 1.807) is 0 Å². The van der Waals surface area contributed by atoms with Crippen LogP contribution >= 0.6 is 73.8 Å². The summed E-state index contributed by atoms with van der Waals surface area (Å²) in [5.74, 6) is 0. The summed E-state index contributed by atoms with van der Waals surface area (Å²) in [7, 11) is 0. The summed E-state index contributed by atoms with van der Waals surface area (Å²) >= 11 is 20.3. The molecular formula is Br6Hf. The minimum absolute atomic E-state index is 3.38. The number of hydrogen-bond acceptors (Lipinski definition) is 0. The van der Waals surface area contributed by atoms with Crippen LogP contribution in [-0.4, -0.2) is 0 Å². The average molecular weight is 658 g/mol. The Kier molecular flexibility index (Phi) is 3.26. The summed E-state index contributed by atoms with van der Waals surface area (Å²) < 4.78 is -3.52. The first kappa shape index (κ1) is 10.8. The molecule has 0 atom stereocenters. The van der Waals surface area contributed by atoms with Gasteiger partial charge in [0.2, 0.25) is 0 Å². The molecule has 7 heteroatoms. The first-order valence-electron chi connectivity index (χ1n) is 1.13. The Morgan fingerprint density at radius 1 is 0.571 bits per heavy atom. The van der Waals surface area contributed by atoms with Crippen LogP contribution in [0.25, 0.3) is 0 Å². The molecule has 46 valence electrons. The molecule has 0 unspecified atom stereocenters. The van der Waals surface area contributed by atoms with E-state index in [9.17, 15) is 0 Å². The molecule has 0 aliphatic rings. The zero-order valence-corrected chi connectivity index (χ0v) is 15.9. The number of rotatable bonds is 0. The molecular weight excluding hydrogens is 658 g/mol. The van der Waals surface area contributed by atoms with Crippen molar-refractivity contribution in [1.82, 2.24) is 0 Å². The summed E-state index contributed by atoms with van der Waals surface area (Å²) in [5, 5.41) is 0. The van der Waals surface area contributed by atoms with E-state index < -0.39 is 3.06 Å². The third-order valence-corrected chi connectivity index (χ3v) is 0. The van der Waals surface area contributed by atoms with Gasteiger partial charge >= 0.3 is 76.8 Å². The summed E-state index contributed by atoms with van der Waals surface area (Å²) in [6, 6.07) is 0. The molecule has 0 saturated heterocycles. The standard InChI is InChI=1S/6BrH.Hf/h6*1H;/q;;;;;;+6/p-6. The van der Waals surface area contributed by atoms with Crippen LogP contribution in [0.4, 0.5) is 0 Å². The zero-order chi connectivity index (χ0) is 6.41. The van der Waals surface area contributed by atoms with Crippen molar-refractivity contribution in [2.24, 2.45) is 0 Å². The van der Waals surface area contributed by atoms with Crippen LogP contribution in [0, 0.1) is 0 Å². The van der Waals surface area contributed by atoms with Gasteiger partial charge in [0, 0.05) is 0 Å². The van der Waals surface area contributed by atoms with E-state index in [0.29, 0.717) is 0 Å². The topological polar surface area (TPSA) is 0 Å². The van der Waals surface area contributed by atoms with E-state index >= 15 is 0 Å². The SMILES string of the molecule is [Br][Hf]([Br])([Br])([Br])([Br])[Br]. The number of halogens is 6. The van der Waals surface area contributed by atoms with Gasteiger partial charge in [0.25, 0.3) is 0 Å². The normalized spacial score (nSPS) is 23.1. The van der Waals surface area contributed by atoms with Gasteiger partial charge in [-0.25, -0.2) is 0 Å². The van der Waals surface area contributed by atoms with E-state index in [4.69, 9.17) is 0 Å². The van der Waals surface area contributed by atoms with Crippen molar-refractivity contribution in [3.8, 4) is 0 Å². The van der Waals surface area contributed by atoms with Gasteiger partial charge in [0.15, 0.2) is 0 Å². The Labute approximate surface area is 74.4 Å². The van der Waals surface area contributed by atoms with Crippen molar-refractivity contribution in [2.75, 3.05) is 0 Å². The Bertz CT molecular complexity index is 62.7. The monoisotopic (exact) mass is 653 g/mol. The molecule has 7 heavy (non-hydrogen) atoms. The predicted octanol–water partition coefficient (Wildman–Crippen LogP) is 5.07. The van der Waals surface area contributed by atoms with Crippen molar-refractivity contribution in [3.05, 3.63) is 0 Å². The van der Waals surface area contributed by atoms with E-state index in [-0.39, 0.29) is 0 Å². The van der Waals surface area contributed by atoms with Crippen molar-refractivity contribution in [1.29, 1.82) is 0 Å². The summed E-state index contributed by atoms with van der Waals surface area (Å²) in [6.07, 6.45) is 0. The Morgan fingerprint density at radius 2 is 0.571 bits per heavy atom. The summed E-state index contributed by atoms with van der Waals surface area (Å²) in [6.45, 7) is 0. The molecule has 0 aromatic heterocycles. The Morgan fingerprint density at radius 3 is 0.571 bits per heavy atom. The van der Waals surface area contributed by atoms with Crippen LogP contribution in [0.3, 0.4) is 0 Å². The Hall–Kier alpha value is 3.75. The molecule has 0 saturated carbocycles. The third-order valence-electron chi connectivity index (χ3n) is 0. The van der Waals surface area contributed by atoms with Crippen molar-refractivity contribution in [3.63, 3.8) is 0 Å². The van der Waals surface area contributed by atoms with E-state index in [0.717, 1.165) is 0 Å². The minimum atomic E-state index is -3.52. The summed E-state index contributed by atoms with van der Waals surface area (Å²) in [5.41, 5.74) is 0. The average Bonchev–Trinajstić information content (AvgIpc) is 0.592. The van der Waals surface area contributed by atoms with Gasteiger partial charge < -0.3 is 0 Å². The van der Waals surface area contributed by atoms with Gasteiger partial charge in [-0.1, -0.05) is 0 Å². The van der Waals surface area contributed by atoms with Crippen molar-refractivity contribution in [2.45, 2.75) is 0 Å². The van der Waals surface area contributed by atoms with Crippen LogP contribution in [0.1, 0.15) is 0 Å². The molecule has 0 radical (unpaired) electrons. The Balaban J connectivity index is 4.43. The molecule has 0 aromatic carbocycles. The number of hydrogen-bond donors (Lipinski definition) is 0. The fourth-order valence-electron chi connectivity index (χ4n) is 0. The molecule has 0 nitrogen and oxygen atoms in total. The van der Waals surface area contributed by atoms with Crippen LogP contribution in [0.15, 0.2) is 0 Å². The van der Waals surface area contributed by atoms with Crippen molar-refractivity contribution < 1.29 is 3.06 Å². The molecule has 0 bridgehead atoms. The first-order chi connectivity index (χ1) is 2.45. The van der Waals surface area contributed by atoms with Gasteiger partial charge in [-0.15, -0.1) is 0 Å². The van der Waals surface area contributed by atoms with Crippen LogP contribution in [0.2, 0.25) is 0 Å². The van der Waals surface area contributed by atoms with E-state index in [2.05, 4.69) is 73.8 Å². The van der Waals surface area contributed by atoms with Crippen LogP contribution in [-0.2, 0) is 3.06 Å². The second kappa shape index (κ2) is 2.12. The predicted molar refractivity (Wildman–Crippen MR) is 53.6 cm³/mol. The molecule has 0 aromatic rings. The van der Waals surface area contributed by atoms with Crippen LogP contribution < -0.4 is 0 Å². The fourth-order valence-corrected chi connectivity index (χ4v) is 0. The first-order valence-corrected chi connectivity index (χ1v) is 48.2. The maximum atomic E-state index is 3.38. The van der Waals surface area contributed by atoms with Gasteiger partial charge in [0.1, 0.15) is 0 Å².